The molecule has 0 aliphatic heterocycles. The highest BCUT2D eigenvalue weighted by Gasteiger charge is 2.11. The summed E-state index contributed by atoms with van der Waals surface area (Å²) in [5.74, 6) is -1.08. The van der Waals surface area contributed by atoms with Crippen molar-refractivity contribution < 1.29 is 14.7 Å². The number of benzene rings is 1. The van der Waals surface area contributed by atoms with Gasteiger partial charge in [0, 0.05) is 24.9 Å². The second-order valence-electron chi connectivity index (χ2n) is 4.47. The number of carbonyl (C=O) groups is 2. The Morgan fingerprint density at radius 3 is 2.45 bits per heavy atom. The van der Waals surface area contributed by atoms with Crippen LogP contribution >= 0.6 is 0 Å². The zero-order chi connectivity index (χ0) is 15.0. The molecule has 5 heteroatoms. The van der Waals surface area contributed by atoms with Gasteiger partial charge in [-0.3, -0.25) is 9.59 Å². The van der Waals surface area contributed by atoms with Crippen molar-refractivity contribution in [3.05, 3.63) is 35.9 Å². The minimum Gasteiger partial charge on any atom is -0.481 e. The highest BCUT2D eigenvalue weighted by atomic mass is 16.4. The van der Waals surface area contributed by atoms with Crippen molar-refractivity contribution in [3.63, 3.8) is 0 Å². The second-order valence-corrected chi connectivity index (χ2v) is 4.47. The SMILES string of the molecule is CCCN(CCC(=O)O)C(=O)/C=C/c1ccc(N)cc1. The van der Waals surface area contributed by atoms with E-state index in [4.69, 9.17) is 10.8 Å². The summed E-state index contributed by atoms with van der Waals surface area (Å²) in [6.45, 7) is 2.73. The van der Waals surface area contributed by atoms with Crippen LogP contribution in [0.3, 0.4) is 0 Å². The first-order valence-corrected chi connectivity index (χ1v) is 6.57. The fourth-order valence-electron chi connectivity index (χ4n) is 1.71. The molecule has 0 bridgehead atoms. The first kappa shape index (κ1) is 15.8. The van der Waals surface area contributed by atoms with Crippen LogP contribution in [-0.4, -0.2) is 35.0 Å². The summed E-state index contributed by atoms with van der Waals surface area (Å²) < 4.78 is 0. The van der Waals surface area contributed by atoms with E-state index < -0.39 is 5.97 Å². The molecule has 0 radical (unpaired) electrons. The van der Waals surface area contributed by atoms with E-state index in [0.29, 0.717) is 12.2 Å². The van der Waals surface area contributed by atoms with Crippen LogP contribution in [0.5, 0.6) is 0 Å². The molecule has 0 saturated heterocycles. The molecule has 5 nitrogen and oxygen atoms in total. The van der Waals surface area contributed by atoms with Crippen LogP contribution in [0.2, 0.25) is 0 Å². The number of amides is 1. The normalized spacial score (nSPS) is 10.7. The maximum atomic E-state index is 12.0. The largest absolute Gasteiger partial charge is 0.481 e. The number of rotatable bonds is 7. The zero-order valence-corrected chi connectivity index (χ0v) is 11.6. The Morgan fingerprint density at radius 1 is 1.25 bits per heavy atom. The van der Waals surface area contributed by atoms with Gasteiger partial charge in [-0.1, -0.05) is 19.1 Å². The summed E-state index contributed by atoms with van der Waals surface area (Å²) in [4.78, 5) is 24.1. The number of nitrogen functional groups attached to an aromatic ring is 1. The third-order valence-electron chi connectivity index (χ3n) is 2.76. The molecule has 1 aromatic carbocycles. The molecule has 0 saturated carbocycles. The summed E-state index contributed by atoms with van der Waals surface area (Å²) in [6, 6.07) is 7.16. The van der Waals surface area contributed by atoms with Gasteiger partial charge < -0.3 is 15.7 Å². The lowest BCUT2D eigenvalue weighted by atomic mass is 10.2. The molecule has 0 aliphatic carbocycles. The van der Waals surface area contributed by atoms with E-state index in [1.54, 1.807) is 23.1 Å². The number of nitrogens with two attached hydrogens (primary N) is 1. The maximum Gasteiger partial charge on any atom is 0.305 e. The number of carboxylic acid groups (broad SMARTS) is 1. The number of aliphatic carboxylic acids is 1. The molecule has 0 heterocycles. The Labute approximate surface area is 118 Å². The van der Waals surface area contributed by atoms with Crippen LogP contribution in [0.25, 0.3) is 6.08 Å². The van der Waals surface area contributed by atoms with Gasteiger partial charge in [-0.05, 0) is 30.2 Å². The summed E-state index contributed by atoms with van der Waals surface area (Å²) in [5, 5.41) is 8.68. The number of hydrogen-bond donors (Lipinski definition) is 2. The molecule has 108 valence electrons. The molecule has 1 amide bonds. The Morgan fingerprint density at radius 2 is 1.90 bits per heavy atom. The van der Waals surface area contributed by atoms with Crippen LogP contribution < -0.4 is 5.73 Å². The van der Waals surface area contributed by atoms with Crippen molar-refractivity contribution in [1.82, 2.24) is 4.90 Å². The molecule has 1 rings (SSSR count). The number of carbonyl (C=O) groups excluding carboxylic acids is 1. The second kappa shape index (κ2) is 7.99. The van der Waals surface area contributed by atoms with Gasteiger partial charge in [0.15, 0.2) is 0 Å². The molecule has 20 heavy (non-hydrogen) atoms. The first-order valence-electron chi connectivity index (χ1n) is 6.57. The summed E-state index contributed by atoms with van der Waals surface area (Å²) in [7, 11) is 0. The van der Waals surface area contributed by atoms with Crippen molar-refractivity contribution in [2.24, 2.45) is 0 Å². The molecular weight excluding hydrogens is 256 g/mol. The summed E-state index contributed by atoms with van der Waals surface area (Å²) in [6.07, 6.45) is 3.91. The minimum absolute atomic E-state index is 0.0402. The van der Waals surface area contributed by atoms with Crippen molar-refractivity contribution in [2.75, 3.05) is 18.8 Å². The molecular formula is C15H20N2O3. The fraction of sp³-hybridized carbons (Fsp3) is 0.333. The standard InChI is InChI=1S/C15H20N2O3/c1-2-10-17(11-9-15(19)20)14(18)8-5-12-3-6-13(16)7-4-12/h3-8H,2,9-11,16H2,1H3,(H,19,20)/b8-5+. The van der Waals surface area contributed by atoms with Crippen LogP contribution in [0, 0.1) is 0 Å². The molecule has 0 aliphatic rings. The van der Waals surface area contributed by atoms with E-state index in [1.807, 2.05) is 19.1 Å². The smallest absolute Gasteiger partial charge is 0.305 e. The van der Waals surface area contributed by atoms with Gasteiger partial charge in [-0.15, -0.1) is 0 Å². The van der Waals surface area contributed by atoms with E-state index >= 15 is 0 Å². The Bertz CT molecular complexity index is 480. The Balaban J connectivity index is 2.64. The van der Waals surface area contributed by atoms with Crippen LogP contribution in [0.1, 0.15) is 25.3 Å². The van der Waals surface area contributed by atoms with E-state index in [0.717, 1.165) is 12.0 Å². The van der Waals surface area contributed by atoms with Crippen molar-refractivity contribution in [3.8, 4) is 0 Å². The fourth-order valence-corrected chi connectivity index (χ4v) is 1.71. The van der Waals surface area contributed by atoms with Gasteiger partial charge in [0.2, 0.25) is 5.91 Å². The highest BCUT2D eigenvalue weighted by Crippen LogP contribution is 2.07. The van der Waals surface area contributed by atoms with Crippen LogP contribution in [-0.2, 0) is 9.59 Å². The average Bonchev–Trinajstić information content (AvgIpc) is 2.42. The topological polar surface area (TPSA) is 83.6 Å². The quantitative estimate of drug-likeness (QED) is 0.589. The van der Waals surface area contributed by atoms with Crippen molar-refractivity contribution in [1.29, 1.82) is 0 Å². The minimum atomic E-state index is -0.901. The monoisotopic (exact) mass is 276 g/mol. The van der Waals surface area contributed by atoms with Crippen molar-refractivity contribution in [2.45, 2.75) is 19.8 Å². The predicted molar refractivity (Wildman–Crippen MR) is 79.0 cm³/mol. The summed E-state index contributed by atoms with van der Waals surface area (Å²) >= 11 is 0. The molecule has 0 fully saturated rings. The van der Waals surface area contributed by atoms with Crippen LogP contribution in [0.15, 0.2) is 30.3 Å². The molecule has 0 atom stereocenters. The van der Waals surface area contributed by atoms with Gasteiger partial charge >= 0.3 is 5.97 Å². The van der Waals surface area contributed by atoms with Gasteiger partial charge in [-0.25, -0.2) is 0 Å². The number of hydrogen-bond acceptors (Lipinski definition) is 3. The van der Waals surface area contributed by atoms with Gasteiger partial charge in [-0.2, -0.15) is 0 Å². The highest BCUT2D eigenvalue weighted by molar-refractivity contribution is 5.92. The molecule has 1 aromatic rings. The Kier molecular flexibility index (Phi) is 6.29. The lowest BCUT2D eigenvalue weighted by Gasteiger charge is -2.19. The van der Waals surface area contributed by atoms with E-state index in [9.17, 15) is 9.59 Å². The van der Waals surface area contributed by atoms with E-state index in [2.05, 4.69) is 0 Å². The molecule has 0 aromatic heterocycles. The zero-order valence-electron chi connectivity index (χ0n) is 11.6. The number of anilines is 1. The maximum absolute atomic E-state index is 12.0. The lowest BCUT2D eigenvalue weighted by Crippen LogP contribution is -2.32. The first-order chi connectivity index (χ1) is 9.52. The van der Waals surface area contributed by atoms with Gasteiger partial charge in [0.25, 0.3) is 0 Å². The van der Waals surface area contributed by atoms with E-state index in [1.165, 1.54) is 6.08 Å². The number of nitrogens with zero attached hydrogens (tertiary/aromatic N) is 1. The molecule has 3 N–H and O–H groups in total. The summed E-state index contributed by atoms with van der Waals surface area (Å²) in [5.41, 5.74) is 7.13. The third kappa shape index (κ3) is 5.56. The van der Waals surface area contributed by atoms with E-state index in [-0.39, 0.29) is 18.9 Å². The Hall–Kier alpha value is -2.30. The predicted octanol–water partition coefficient (Wildman–Crippen LogP) is 2.00. The average molecular weight is 276 g/mol. The van der Waals surface area contributed by atoms with Gasteiger partial charge in [0.05, 0.1) is 6.42 Å². The number of carboxylic acids is 1. The van der Waals surface area contributed by atoms with Gasteiger partial charge in [0.1, 0.15) is 0 Å². The lowest BCUT2D eigenvalue weighted by molar-refractivity contribution is -0.138. The van der Waals surface area contributed by atoms with Crippen molar-refractivity contribution >= 4 is 23.6 Å². The molecule has 0 unspecified atom stereocenters. The molecule has 0 spiro atoms. The van der Waals surface area contributed by atoms with Crippen LogP contribution in [0.4, 0.5) is 5.69 Å². The third-order valence-corrected chi connectivity index (χ3v) is 2.76.